The summed E-state index contributed by atoms with van der Waals surface area (Å²) in [6.07, 6.45) is 6.61. The maximum Gasteiger partial charge on any atom is 0.341 e. The minimum absolute atomic E-state index is 0.182. The fourth-order valence-corrected chi connectivity index (χ4v) is 2.56. The van der Waals surface area contributed by atoms with E-state index in [9.17, 15) is 18.0 Å². The van der Waals surface area contributed by atoms with Gasteiger partial charge >= 0.3 is 5.97 Å². The first-order chi connectivity index (χ1) is 9.59. The predicted octanol–water partition coefficient (Wildman–Crippen LogP) is 4.23. The van der Waals surface area contributed by atoms with Crippen molar-refractivity contribution in [1.82, 2.24) is 0 Å². The zero-order valence-electron chi connectivity index (χ0n) is 11.1. The molecule has 0 unspecified atom stereocenters. The van der Waals surface area contributed by atoms with Gasteiger partial charge in [0.05, 0.1) is 12.2 Å². The third-order valence-corrected chi connectivity index (χ3v) is 3.74. The highest BCUT2D eigenvalue weighted by atomic mass is 19.2. The van der Waals surface area contributed by atoms with Crippen LogP contribution >= 0.6 is 0 Å². The van der Waals surface area contributed by atoms with Gasteiger partial charge in [-0.25, -0.2) is 18.0 Å². The molecule has 0 heterocycles. The molecule has 0 atom stereocenters. The Morgan fingerprint density at radius 2 is 1.80 bits per heavy atom. The van der Waals surface area contributed by atoms with Gasteiger partial charge in [-0.1, -0.05) is 32.1 Å². The van der Waals surface area contributed by atoms with E-state index in [1.165, 1.54) is 19.3 Å². The van der Waals surface area contributed by atoms with Crippen LogP contribution in [0.2, 0.25) is 0 Å². The van der Waals surface area contributed by atoms with Crippen molar-refractivity contribution < 1.29 is 22.7 Å². The lowest BCUT2D eigenvalue weighted by molar-refractivity contribution is 0.0468. The van der Waals surface area contributed by atoms with Crippen LogP contribution in [-0.2, 0) is 4.74 Å². The first-order valence-electron chi connectivity index (χ1n) is 6.90. The lowest BCUT2D eigenvalue weighted by Crippen LogP contribution is -2.14. The number of ether oxygens (including phenoxy) is 1. The second-order valence-electron chi connectivity index (χ2n) is 5.15. The minimum Gasteiger partial charge on any atom is -0.462 e. The van der Waals surface area contributed by atoms with Gasteiger partial charge in [0.15, 0.2) is 17.5 Å². The van der Waals surface area contributed by atoms with Crippen LogP contribution in [0.25, 0.3) is 0 Å². The van der Waals surface area contributed by atoms with E-state index in [2.05, 4.69) is 0 Å². The predicted molar refractivity (Wildman–Crippen MR) is 67.8 cm³/mol. The third kappa shape index (κ3) is 3.52. The SMILES string of the molecule is O=C(OCCC1CCCCC1)c1ccc(F)c(F)c1F. The van der Waals surface area contributed by atoms with E-state index in [4.69, 9.17) is 4.74 Å². The summed E-state index contributed by atoms with van der Waals surface area (Å²) in [4.78, 5) is 11.6. The van der Waals surface area contributed by atoms with Crippen LogP contribution in [0.4, 0.5) is 13.2 Å². The van der Waals surface area contributed by atoms with Crippen molar-refractivity contribution in [1.29, 1.82) is 0 Å². The van der Waals surface area contributed by atoms with Gasteiger partial charge in [0.25, 0.3) is 0 Å². The second kappa shape index (κ2) is 6.77. The highest BCUT2D eigenvalue weighted by molar-refractivity contribution is 5.89. The molecule has 0 aromatic heterocycles. The topological polar surface area (TPSA) is 26.3 Å². The largest absolute Gasteiger partial charge is 0.462 e. The lowest BCUT2D eigenvalue weighted by Gasteiger charge is -2.21. The molecule has 0 radical (unpaired) electrons. The van der Waals surface area contributed by atoms with E-state index in [1.807, 2.05) is 0 Å². The number of carbonyl (C=O) groups is 1. The molecule has 0 saturated heterocycles. The molecule has 20 heavy (non-hydrogen) atoms. The molecule has 1 aromatic carbocycles. The number of hydrogen-bond acceptors (Lipinski definition) is 2. The van der Waals surface area contributed by atoms with E-state index in [-0.39, 0.29) is 6.61 Å². The third-order valence-electron chi connectivity index (χ3n) is 3.74. The quantitative estimate of drug-likeness (QED) is 0.611. The number of rotatable bonds is 4. The van der Waals surface area contributed by atoms with Gasteiger partial charge in [-0.3, -0.25) is 0 Å². The number of esters is 1. The van der Waals surface area contributed by atoms with Crippen molar-refractivity contribution in [3.63, 3.8) is 0 Å². The van der Waals surface area contributed by atoms with Crippen LogP contribution in [0.5, 0.6) is 0 Å². The van der Waals surface area contributed by atoms with Crippen LogP contribution in [0.15, 0.2) is 12.1 Å². The second-order valence-corrected chi connectivity index (χ2v) is 5.15. The van der Waals surface area contributed by atoms with E-state index >= 15 is 0 Å². The standard InChI is InChI=1S/C15H17F3O2/c16-12-7-6-11(13(17)14(12)18)15(19)20-9-8-10-4-2-1-3-5-10/h6-7,10H,1-5,8-9H2. The Kier molecular flexibility index (Phi) is 5.04. The van der Waals surface area contributed by atoms with Gasteiger partial charge in [-0.15, -0.1) is 0 Å². The number of halogens is 3. The molecule has 1 aliphatic carbocycles. The van der Waals surface area contributed by atoms with E-state index in [0.717, 1.165) is 31.4 Å². The van der Waals surface area contributed by atoms with Gasteiger partial charge in [-0.2, -0.15) is 0 Å². The molecule has 2 nitrogen and oxygen atoms in total. The highest BCUT2D eigenvalue weighted by Gasteiger charge is 2.20. The Balaban J connectivity index is 1.87. The summed E-state index contributed by atoms with van der Waals surface area (Å²) in [5, 5.41) is 0. The molecular formula is C15H17F3O2. The van der Waals surface area contributed by atoms with Gasteiger partial charge < -0.3 is 4.74 Å². The number of hydrogen-bond donors (Lipinski definition) is 0. The first kappa shape index (κ1) is 14.9. The molecule has 1 fully saturated rings. The molecule has 110 valence electrons. The average molecular weight is 286 g/mol. The van der Waals surface area contributed by atoms with E-state index in [1.54, 1.807) is 0 Å². The van der Waals surface area contributed by atoms with Crippen LogP contribution in [0.3, 0.4) is 0 Å². The van der Waals surface area contributed by atoms with Crippen molar-refractivity contribution in [2.24, 2.45) is 5.92 Å². The van der Waals surface area contributed by atoms with Crippen molar-refractivity contribution in [2.45, 2.75) is 38.5 Å². The summed E-state index contributed by atoms with van der Waals surface area (Å²) in [5.74, 6) is -4.87. The molecule has 0 bridgehead atoms. The Hall–Kier alpha value is -1.52. The smallest absolute Gasteiger partial charge is 0.341 e. The maximum atomic E-state index is 13.4. The molecule has 1 saturated carbocycles. The van der Waals surface area contributed by atoms with Gasteiger partial charge in [-0.05, 0) is 24.5 Å². The fraction of sp³-hybridized carbons (Fsp3) is 0.533. The van der Waals surface area contributed by atoms with E-state index in [0.29, 0.717) is 5.92 Å². The Morgan fingerprint density at radius 3 is 2.50 bits per heavy atom. The van der Waals surface area contributed by atoms with E-state index < -0.39 is 29.0 Å². The Morgan fingerprint density at radius 1 is 1.10 bits per heavy atom. The lowest BCUT2D eigenvalue weighted by atomic mass is 9.87. The summed E-state index contributed by atoms with van der Waals surface area (Å²) in [6.45, 7) is 0.182. The summed E-state index contributed by atoms with van der Waals surface area (Å²) in [7, 11) is 0. The average Bonchev–Trinajstić information content (AvgIpc) is 2.46. The summed E-state index contributed by atoms with van der Waals surface area (Å²) in [6, 6.07) is 1.62. The molecule has 0 amide bonds. The van der Waals surface area contributed by atoms with Crippen LogP contribution in [0.1, 0.15) is 48.9 Å². The molecule has 0 spiro atoms. The zero-order chi connectivity index (χ0) is 14.5. The van der Waals surface area contributed by atoms with Crippen molar-refractivity contribution in [2.75, 3.05) is 6.61 Å². The van der Waals surface area contributed by atoms with Crippen LogP contribution in [-0.4, -0.2) is 12.6 Å². The first-order valence-corrected chi connectivity index (χ1v) is 6.90. The molecular weight excluding hydrogens is 269 g/mol. The fourth-order valence-electron chi connectivity index (χ4n) is 2.56. The van der Waals surface area contributed by atoms with Crippen molar-refractivity contribution in [3.8, 4) is 0 Å². The van der Waals surface area contributed by atoms with Gasteiger partial charge in [0.1, 0.15) is 0 Å². The van der Waals surface area contributed by atoms with Crippen LogP contribution in [0, 0.1) is 23.4 Å². The molecule has 1 aromatic rings. The number of benzene rings is 1. The highest BCUT2D eigenvalue weighted by Crippen LogP contribution is 2.26. The van der Waals surface area contributed by atoms with Crippen molar-refractivity contribution in [3.05, 3.63) is 35.1 Å². The Labute approximate surface area is 115 Å². The monoisotopic (exact) mass is 286 g/mol. The molecule has 0 N–H and O–H groups in total. The summed E-state index contributed by atoms with van der Waals surface area (Å²) >= 11 is 0. The van der Waals surface area contributed by atoms with Gasteiger partial charge in [0, 0.05) is 0 Å². The summed E-state index contributed by atoms with van der Waals surface area (Å²) in [5.41, 5.74) is -0.562. The molecule has 1 aliphatic rings. The summed E-state index contributed by atoms with van der Waals surface area (Å²) < 4.78 is 44.1. The molecule has 5 heteroatoms. The molecule has 0 aliphatic heterocycles. The zero-order valence-corrected chi connectivity index (χ0v) is 11.1. The van der Waals surface area contributed by atoms with Crippen LogP contribution < -0.4 is 0 Å². The molecule has 2 rings (SSSR count). The number of carbonyl (C=O) groups excluding carboxylic acids is 1. The normalized spacial score (nSPS) is 16.1. The van der Waals surface area contributed by atoms with Gasteiger partial charge in [0.2, 0.25) is 0 Å². The van der Waals surface area contributed by atoms with Crippen molar-refractivity contribution >= 4 is 5.97 Å². The Bertz CT molecular complexity index is 482. The minimum atomic E-state index is -1.65. The maximum absolute atomic E-state index is 13.4.